The van der Waals surface area contributed by atoms with E-state index in [-0.39, 0.29) is 24.0 Å². The molecule has 1 heterocycles. The van der Waals surface area contributed by atoms with Crippen molar-refractivity contribution in [3.05, 3.63) is 35.4 Å². The third-order valence-corrected chi connectivity index (χ3v) is 3.85. The van der Waals surface area contributed by atoms with Crippen molar-refractivity contribution in [3.63, 3.8) is 0 Å². The van der Waals surface area contributed by atoms with Gasteiger partial charge in [0.15, 0.2) is 5.96 Å². The summed E-state index contributed by atoms with van der Waals surface area (Å²) in [6.07, 6.45) is 2.33. The second-order valence-corrected chi connectivity index (χ2v) is 6.35. The highest BCUT2D eigenvalue weighted by Crippen LogP contribution is 2.14. The molecule has 136 valence electrons. The van der Waals surface area contributed by atoms with E-state index in [2.05, 4.69) is 24.3 Å². The van der Waals surface area contributed by atoms with Gasteiger partial charge in [0.05, 0.1) is 19.3 Å². The molecule has 1 aliphatic heterocycles. The van der Waals surface area contributed by atoms with Crippen LogP contribution in [0.3, 0.4) is 0 Å². The van der Waals surface area contributed by atoms with Gasteiger partial charge < -0.3 is 19.3 Å². The Morgan fingerprint density at radius 1 is 1.12 bits per heavy atom. The number of benzene rings is 1. The van der Waals surface area contributed by atoms with Crippen molar-refractivity contribution in [2.24, 2.45) is 4.99 Å². The Kier molecular flexibility index (Phi) is 9.61. The van der Waals surface area contributed by atoms with Crippen molar-refractivity contribution in [1.29, 1.82) is 0 Å². The van der Waals surface area contributed by atoms with Gasteiger partial charge in [-0.05, 0) is 24.0 Å². The van der Waals surface area contributed by atoms with Gasteiger partial charge in [0.2, 0.25) is 0 Å². The summed E-state index contributed by atoms with van der Waals surface area (Å²) in [5.41, 5.74) is 2.42. The van der Waals surface area contributed by atoms with Crippen LogP contribution in [0.5, 0.6) is 0 Å². The van der Waals surface area contributed by atoms with Crippen LogP contribution in [0.15, 0.2) is 29.3 Å². The molecule has 0 N–H and O–H groups in total. The lowest BCUT2D eigenvalue weighted by molar-refractivity contribution is -0.0390. The number of hydrogen-bond acceptors (Lipinski definition) is 3. The molecule has 0 unspecified atom stereocenters. The van der Waals surface area contributed by atoms with Crippen molar-refractivity contribution in [1.82, 2.24) is 9.80 Å². The smallest absolute Gasteiger partial charge is 0.195 e. The molecule has 1 fully saturated rings. The minimum absolute atomic E-state index is 0. The molecule has 6 heteroatoms. The lowest BCUT2D eigenvalue weighted by Gasteiger charge is -2.23. The van der Waals surface area contributed by atoms with E-state index >= 15 is 0 Å². The number of hydrogen-bond donors (Lipinski definition) is 0. The van der Waals surface area contributed by atoms with Crippen molar-refractivity contribution >= 4 is 29.9 Å². The predicted octanol–water partition coefficient (Wildman–Crippen LogP) is 2.98. The van der Waals surface area contributed by atoms with Gasteiger partial charge in [-0.25, -0.2) is 4.99 Å². The third kappa shape index (κ3) is 6.94. The average molecular weight is 447 g/mol. The van der Waals surface area contributed by atoms with E-state index in [1.165, 1.54) is 11.1 Å². The van der Waals surface area contributed by atoms with Gasteiger partial charge in [-0.2, -0.15) is 0 Å². The highest BCUT2D eigenvalue weighted by molar-refractivity contribution is 14.0. The standard InChI is InChI=1S/C18H29N3O2.HI/c1-20(2)18(21(3)4)19-13-15-6-5-7-16(12-15)14-23-17-8-10-22-11-9-17;/h5-7,12,17H,8-11,13-14H2,1-4H3;1H. The van der Waals surface area contributed by atoms with Gasteiger partial charge in [-0.15, -0.1) is 24.0 Å². The molecule has 24 heavy (non-hydrogen) atoms. The Hall–Kier alpha value is -0.860. The fraction of sp³-hybridized carbons (Fsp3) is 0.611. The number of ether oxygens (including phenoxy) is 2. The normalized spacial score (nSPS) is 14.7. The first kappa shape index (κ1) is 21.2. The lowest BCUT2D eigenvalue weighted by Crippen LogP contribution is -2.35. The maximum Gasteiger partial charge on any atom is 0.195 e. The molecule has 5 nitrogen and oxygen atoms in total. The summed E-state index contributed by atoms with van der Waals surface area (Å²) in [4.78, 5) is 8.75. The summed E-state index contributed by atoms with van der Waals surface area (Å²) in [6.45, 7) is 2.97. The van der Waals surface area contributed by atoms with E-state index in [4.69, 9.17) is 14.5 Å². The van der Waals surface area contributed by atoms with Crippen LogP contribution < -0.4 is 0 Å². The third-order valence-electron chi connectivity index (χ3n) is 3.85. The first-order valence-corrected chi connectivity index (χ1v) is 8.22. The zero-order valence-electron chi connectivity index (χ0n) is 15.2. The Morgan fingerprint density at radius 3 is 2.38 bits per heavy atom. The Labute approximate surface area is 163 Å². The molecule has 0 bridgehead atoms. The number of rotatable bonds is 5. The summed E-state index contributed by atoms with van der Waals surface area (Å²) < 4.78 is 11.4. The molecule has 1 aliphatic rings. The van der Waals surface area contributed by atoms with E-state index in [9.17, 15) is 0 Å². The van der Waals surface area contributed by atoms with Crippen LogP contribution in [0.25, 0.3) is 0 Å². The summed E-state index contributed by atoms with van der Waals surface area (Å²) in [5, 5.41) is 0. The van der Waals surface area contributed by atoms with E-state index in [1.807, 2.05) is 38.0 Å². The highest BCUT2D eigenvalue weighted by atomic mass is 127. The molecule has 2 rings (SSSR count). The van der Waals surface area contributed by atoms with Crippen molar-refractivity contribution in [3.8, 4) is 0 Å². The predicted molar refractivity (Wildman–Crippen MR) is 109 cm³/mol. The number of halogens is 1. The van der Waals surface area contributed by atoms with Gasteiger partial charge in [0.25, 0.3) is 0 Å². The summed E-state index contributed by atoms with van der Waals surface area (Å²) >= 11 is 0. The Morgan fingerprint density at radius 2 is 1.75 bits per heavy atom. The van der Waals surface area contributed by atoms with Crippen molar-refractivity contribution in [2.45, 2.75) is 32.1 Å². The zero-order chi connectivity index (χ0) is 16.7. The number of aliphatic imine (C=N–C) groups is 1. The van der Waals surface area contributed by atoms with Gasteiger partial charge in [-0.3, -0.25) is 0 Å². The molecule has 0 atom stereocenters. The Bertz CT molecular complexity index is 505. The van der Waals surface area contributed by atoms with Crippen LogP contribution in [0.2, 0.25) is 0 Å². The molecular weight excluding hydrogens is 417 g/mol. The Balaban J connectivity index is 0.00000288. The minimum atomic E-state index is 0. The molecule has 0 aromatic heterocycles. The van der Waals surface area contributed by atoms with E-state index < -0.39 is 0 Å². The average Bonchev–Trinajstić information content (AvgIpc) is 2.54. The topological polar surface area (TPSA) is 37.3 Å². The zero-order valence-corrected chi connectivity index (χ0v) is 17.5. The van der Waals surface area contributed by atoms with E-state index in [1.54, 1.807) is 0 Å². The molecular formula is C18H30IN3O2. The van der Waals surface area contributed by atoms with Crippen LogP contribution in [-0.2, 0) is 22.6 Å². The van der Waals surface area contributed by atoms with Crippen LogP contribution >= 0.6 is 24.0 Å². The number of nitrogens with zero attached hydrogens (tertiary/aromatic N) is 3. The molecule has 0 amide bonds. The van der Waals surface area contributed by atoms with Crippen LogP contribution in [0, 0.1) is 0 Å². The van der Waals surface area contributed by atoms with Gasteiger partial charge in [-0.1, -0.05) is 24.3 Å². The second kappa shape index (κ2) is 10.9. The summed E-state index contributed by atoms with van der Waals surface area (Å²) in [7, 11) is 8.04. The molecule has 0 spiro atoms. The lowest BCUT2D eigenvalue weighted by atomic mass is 10.1. The molecule has 1 saturated heterocycles. The first-order chi connectivity index (χ1) is 11.1. The van der Waals surface area contributed by atoms with Gasteiger partial charge >= 0.3 is 0 Å². The van der Waals surface area contributed by atoms with E-state index in [0.29, 0.717) is 19.3 Å². The largest absolute Gasteiger partial charge is 0.381 e. The maximum atomic E-state index is 5.99. The minimum Gasteiger partial charge on any atom is -0.381 e. The fourth-order valence-corrected chi connectivity index (χ4v) is 2.72. The quantitative estimate of drug-likeness (QED) is 0.395. The first-order valence-electron chi connectivity index (χ1n) is 8.22. The number of guanidine groups is 1. The van der Waals surface area contributed by atoms with Gasteiger partial charge in [0.1, 0.15) is 0 Å². The molecule has 1 aromatic rings. The summed E-state index contributed by atoms with van der Waals surface area (Å²) in [6, 6.07) is 8.50. The SMILES string of the molecule is CN(C)C(=NCc1cccc(COC2CCOCC2)c1)N(C)C.I. The molecule has 0 saturated carbocycles. The second-order valence-electron chi connectivity index (χ2n) is 6.35. The highest BCUT2D eigenvalue weighted by Gasteiger charge is 2.14. The monoisotopic (exact) mass is 447 g/mol. The molecule has 0 aliphatic carbocycles. The van der Waals surface area contributed by atoms with Crippen LogP contribution in [-0.4, -0.2) is 63.3 Å². The maximum absolute atomic E-state index is 5.99. The van der Waals surface area contributed by atoms with Gasteiger partial charge in [0, 0.05) is 41.4 Å². The van der Waals surface area contributed by atoms with Crippen molar-refractivity contribution in [2.75, 3.05) is 41.4 Å². The van der Waals surface area contributed by atoms with Crippen LogP contribution in [0.4, 0.5) is 0 Å². The summed E-state index contributed by atoms with van der Waals surface area (Å²) in [5.74, 6) is 0.967. The molecule has 1 aromatic carbocycles. The fourth-order valence-electron chi connectivity index (χ4n) is 2.72. The van der Waals surface area contributed by atoms with Crippen molar-refractivity contribution < 1.29 is 9.47 Å². The van der Waals surface area contributed by atoms with E-state index in [0.717, 1.165) is 32.0 Å². The van der Waals surface area contributed by atoms with Crippen LogP contribution in [0.1, 0.15) is 24.0 Å². The molecule has 0 radical (unpaired) electrons.